The lowest BCUT2D eigenvalue weighted by atomic mass is 10.1. The third-order valence-corrected chi connectivity index (χ3v) is 4.89. The number of hydrogen-bond donors (Lipinski definition) is 2. The second-order valence-electron chi connectivity index (χ2n) is 5.52. The van der Waals surface area contributed by atoms with Gasteiger partial charge in [-0.05, 0) is 30.7 Å². The number of sulfonamides is 1. The Labute approximate surface area is 125 Å². The van der Waals surface area contributed by atoms with Gasteiger partial charge in [0.05, 0.1) is 11.0 Å². The molecule has 0 aromatic heterocycles. The predicted molar refractivity (Wildman–Crippen MR) is 84.6 cm³/mol. The number of hydrogen-bond acceptors (Lipinski definition) is 3. The van der Waals surface area contributed by atoms with E-state index in [9.17, 15) is 13.5 Å². The monoisotopic (exact) mass is 307 g/mol. The van der Waals surface area contributed by atoms with Gasteiger partial charge in [-0.1, -0.05) is 43.3 Å². The molecule has 2 aromatic rings. The molecule has 0 saturated heterocycles. The summed E-state index contributed by atoms with van der Waals surface area (Å²) < 4.78 is 27.6. The molecule has 0 bridgehead atoms. The minimum atomic E-state index is -3.55. The van der Waals surface area contributed by atoms with Crippen LogP contribution < -0.4 is 4.72 Å². The van der Waals surface area contributed by atoms with Gasteiger partial charge in [-0.25, -0.2) is 13.1 Å². The molecule has 4 nitrogen and oxygen atoms in total. The third kappa shape index (κ3) is 4.03. The number of benzene rings is 2. The molecular weight excluding hydrogens is 286 g/mol. The Morgan fingerprint density at radius 3 is 2.48 bits per heavy atom. The van der Waals surface area contributed by atoms with Gasteiger partial charge in [-0.15, -0.1) is 0 Å². The Kier molecular flexibility index (Phi) is 4.98. The quantitative estimate of drug-likeness (QED) is 0.862. The summed E-state index contributed by atoms with van der Waals surface area (Å²) in [6, 6.07) is 12.7. The van der Waals surface area contributed by atoms with E-state index in [1.165, 1.54) is 0 Å². The SMILES string of the molecule is CC(O)CC(C)CNS(=O)(=O)c1cccc2ccccc12. The zero-order valence-corrected chi connectivity index (χ0v) is 13.1. The van der Waals surface area contributed by atoms with E-state index in [2.05, 4.69) is 4.72 Å². The predicted octanol–water partition coefficient (Wildman–Crippen LogP) is 2.53. The molecule has 0 radical (unpaired) electrons. The summed E-state index contributed by atoms with van der Waals surface area (Å²) in [4.78, 5) is 0.296. The highest BCUT2D eigenvalue weighted by Crippen LogP contribution is 2.22. The number of aliphatic hydroxyl groups excluding tert-OH is 1. The summed E-state index contributed by atoms with van der Waals surface area (Å²) in [5, 5.41) is 11.0. The Balaban J connectivity index is 2.22. The number of aliphatic hydroxyl groups is 1. The zero-order valence-electron chi connectivity index (χ0n) is 12.3. The maximum absolute atomic E-state index is 12.5. The topological polar surface area (TPSA) is 66.4 Å². The first kappa shape index (κ1) is 15.9. The van der Waals surface area contributed by atoms with Crippen LogP contribution in [0.3, 0.4) is 0 Å². The largest absolute Gasteiger partial charge is 0.393 e. The maximum atomic E-state index is 12.5. The Hall–Kier alpha value is -1.43. The minimum Gasteiger partial charge on any atom is -0.393 e. The fraction of sp³-hybridized carbons (Fsp3) is 0.375. The molecule has 21 heavy (non-hydrogen) atoms. The third-order valence-electron chi connectivity index (χ3n) is 3.40. The molecule has 114 valence electrons. The van der Waals surface area contributed by atoms with Crippen LogP contribution in [0, 0.1) is 5.92 Å². The van der Waals surface area contributed by atoms with Crippen molar-refractivity contribution in [3.05, 3.63) is 42.5 Å². The van der Waals surface area contributed by atoms with Crippen LogP contribution in [0.4, 0.5) is 0 Å². The van der Waals surface area contributed by atoms with E-state index in [1.54, 1.807) is 19.1 Å². The lowest BCUT2D eigenvalue weighted by Gasteiger charge is -2.15. The Morgan fingerprint density at radius 2 is 1.76 bits per heavy atom. The van der Waals surface area contributed by atoms with Gasteiger partial charge in [0.1, 0.15) is 0 Å². The molecule has 2 atom stereocenters. The average molecular weight is 307 g/mol. The van der Waals surface area contributed by atoms with Crippen LogP contribution in [-0.4, -0.2) is 26.2 Å². The lowest BCUT2D eigenvalue weighted by molar-refractivity contribution is 0.165. The van der Waals surface area contributed by atoms with Crippen LogP contribution >= 0.6 is 0 Å². The summed E-state index contributed by atoms with van der Waals surface area (Å²) in [6.07, 6.45) is 0.139. The highest BCUT2D eigenvalue weighted by Gasteiger charge is 2.18. The molecule has 0 aliphatic carbocycles. The van der Waals surface area contributed by atoms with E-state index >= 15 is 0 Å². The molecule has 0 amide bonds. The van der Waals surface area contributed by atoms with Crippen molar-refractivity contribution < 1.29 is 13.5 Å². The van der Waals surface area contributed by atoms with Crippen molar-refractivity contribution in [1.82, 2.24) is 4.72 Å². The van der Waals surface area contributed by atoms with Crippen molar-refractivity contribution in [3.63, 3.8) is 0 Å². The van der Waals surface area contributed by atoms with Crippen molar-refractivity contribution in [1.29, 1.82) is 0 Å². The van der Waals surface area contributed by atoms with Gasteiger partial charge >= 0.3 is 0 Å². The van der Waals surface area contributed by atoms with E-state index in [1.807, 2.05) is 37.3 Å². The summed E-state index contributed by atoms with van der Waals surface area (Å²) >= 11 is 0. The molecule has 2 aromatic carbocycles. The normalized spacial score (nSPS) is 15.0. The first-order valence-electron chi connectivity index (χ1n) is 7.05. The minimum absolute atomic E-state index is 0.0785. The van der Waals surface area contributed by atoms with Gasteiger partial charge in [0.25, 0.3) is 0 Å². The standard InChI is InChI=1S/C16H21NO3S/c1-12(10-13(2)18)11-17-21(19,20)16-9-5-7-14-6-3-4-8-15(14)16/h3-9,12-13,17-18H,10-11H2,1-2H3. The van der Waals surface area contributed by atoms with E-state index in [0.717, 1.165) is 10.8 Å². The van der Waals surface area contributed by atoms with Crippen LogP contribution in [0.25, 0.3) is 10.8 Å². The van der Waals surface area contributed by atoms with E-state index in [-0.39, 0.29) is 5.92 Å². The first-order valence-corrected chi connectivity index (χ1v) is 8.54. The van der Waals surface area contributed by atoms with Crippen molar-refractivity contribution in [3.8, 4) is 0 Å². The molecule has 5 heteroatoms. The van der Waals surface area contributed by atoms with Gasteiger partial charge < -0.3 is 5.11 Å². The molecule has 0 spiro atoms. The fourth-order valence-corrected chi connectivity index (χ4v) is 3.82. The average Bonchev–Trinajstić information content (AvgIpc) is 2.44. The van der Waals surface area contributed by atoms with E-state index in [4.69, 9.17) is 0 Å². The van der Waals surface area contributed by atoms with E-state index < -0.39 is 16.1 Å². The van der Waals surface area contributed by atoms with E-state index in [0.29, 0.717) is 17.9 Å². The summed E-state index contributed by atoms with van der Waals surface area (Å²) in [5.41, 5.74) is 0. The molecule has 0 aliphatic rings. The first-order chi connectivity index (χ1) is 9.90. The second kappa shape index (κ2) is 6.56. The number of rotatable bonds is 6. The maximum Gasteiger partial charge on any atom is 0.241 e. The van der Waals surface area contributed by atoms with Gasteiger partial charge in [0.15, 0.2) is 0 Å². The molecular formula is C16H21NO3S. The summed E-state index contributed by atoms with van der Waals surface area (Å²) in [6.45, 7) is 3.94. The van der Waals surface area contributed by atoms with Crippen molar-refractivity contribution in [2.75, 3.05) is 6.54 Å². The van der Waals surface area contributed by atoms with Gasteiger partial charge in [0, 0.05) is 11.9 Å². The Morgan fingerprint density at radius 1 is 1.10 bits per heavy atom. The van der Waals surface area contributed by atoms with Crippen LogP contribution in [0.2, 0.25) is 0 Å². The van der Waals surface area contributed by atoms with Gasteiger partial charge in [-0.2, -0.15) is 0 Å². The van der Waals surface area contributed by atoms with Gasteiger partial charge in [-0.3, -0.25) is 0 Å². The molecule has 2 rings (SSSR count). The smallest absolute Gasteiger partial charge is 0.241 e. The van der Waals surface area contributed by atoms with Crippen molar-refractivity contribution >= 4 is 20.8 Å². The second-order valence-corrected chi connectivity index (χ2v) is 7.25. The molecule has 2 N–H and O–H groups in total. The number of nitrogens with one attached hydrogen (secondary N) is 1. The summed E-state index contributed by atoms with van der Waals surface area (Å²) in [7, 11) is -3.55. The van der Waals surface area contributed by atoms with Crippen LogP contribution in [-0.2, 0) is 10.0 Å². The lowest BCUT2D eigenvalue weighted by Crippen LogP contribution is -2.29. The zero-order chi connectivity index (χ0) is 15.5. The van der Waals surface area contributed by atoms with Crippen molar-refractivity contribution in [2.45, 2.75) is 31.3 Å². The Bertz CT molecular complexity index is 705. The highest BCUT2D eigenvalue weighted by atomic mass is 32.2. The molecule has 0 saturated carbocycles. The van der Waals surface area contributed by atoms with Gasteiger partial charge in [0.2, 0.25) is 10.0 Å². The van der Waals surface area contributed by atoms with Crippen molar-refractivity contribution in [2.24, 2.45) is 5.92 Å². The molecule has 0 fully saturated rings. The molecule has 0 heterocycles. The van der Waals surface area contributed by atoms with Crippen LogP contribution in [0.5, 0.6) is 0 Å². The fourth-order valence-electron chi connectivity index (χ4n) is 2.43. The van der Waals surface area contributed by atoms with Crippen LogP contribution in [0.1, 0.15) is 20.3 Å². The molecule has 2 unspecified atom stereocenters. The summed E-state index contributed by atoms with van der Waals surface area (Å²) in [5.74, 6) is 0.0785. The highest BCUT2D eigenvalue weighted by molar-refractivity contribution is 7.89. The number of fused-ring (bicyclic) bond motifs is 1. The molecule has 0 aliphatic heterocycles. The van der Waals surface area contributed by atoms with Crippen LogP contribution in [0.15, 0.2) is 47.4 Å².